The van der Waals surface area contributed by atoms with Crippen LogP contribution in [0.3, 0.4) is 0 Å². The van der Waals surface area contributed by atoms with Crippen LogP contribution in [0.4, 0.5) is 4.79 Å². The molecule has 0 aliphatic rings. The Morgan fingerprint density at radius 3 is 2.12 bits per heavy atom. The molecule has 2 aromatic rings. The average Bonchev–Trinajstić information content (AvgIpc) is 2.90. The molecule has 0 aliphatic heterocycles. The molecule has 0 heterocycles. The van der Waals surface area contributed by atoms with E-state index < -0.39 is 38.2 Å². The predicted octanol–water partition coefficient (Wildman–Crippen LogP) is 7.39. The SMILES string of the molecule is COc1ccc(COC[C@H](NC(=O)OC(C)(C)C)[C@H](OCc2ccccc2)[C@H](CO[Si](C)(C)C(C)(C)C)N=[N+]=[N-])cc1. The number of nitrogens with zero attached hydrogens (tertiary/aromatic N) is 3. The van der Waals surface area contributed by atoms with Gasteiger partial charge in [-0.2, -0.15) is 0 Å². The molecule has 3 atom stereocenters. The zero-order valence-corrected chi connectivity index (χ0v) is 27.5. The maximum Gasteiger partial charge on any atom is 0.408 e. The minimum absolute atomic E-state index is 0.0516. The van der Waals surface area contributed by atoms with Crippen LogP contribution in [0.2, 0.25) is 18.1 Å². The third-order valence-electron chi connectivity index (χ3n) is 7.11. The maximum absolute atomic E-state index is 13.0. The number of azide groups is 1. The molecule has 0 spiro atoms. The van der Waals surface area contributed by atoms with E-state index in [1.165, 1.54) is 0 Å². The Kier molecular flexibility index (Phi) is 13.3. The van der Waals surface area contributed by atoms with Crippen LogP contribution in [0.5, 0.6) is 5.75 Å². The number of carbonyl (C=O) groups excluding carboxylic acids is 1. The Bertz CT molecular complexity index is 1140. The summed E-state index contributed by atoms with van der Waals surface area (Å²) in [6.07, 6.45) is -1.41. The highest BCUT2D eigenvalue weighted by atomic mass is 28.4. The van der Waals surface area contributed by atoms with Crippen LogP contribution in [0.15, 0.2) is 59.7 Å². The molecule has 0 aliphatic carbocycles. The summed E-state index contributed by atoms with van der Waals surface area (Å²) in [7, 11) is -0.584. The number of ether oxygens (including phenoxy) is 4. The van der Waals surface area contributed by atoms with Crippen LogP contribution >= 0.6 is 0 Å². The fraction of sp³-hybridized carbons (Fsp3) is 0.581. The molecule has 1 N–H and O–H groups in total. The number of methoxy groups -OCH3 is 1. The Balaban J connectivity index is 2.38. The summed E-state index contributed by atoms with van der Waals surface area (Å²) in [6.45, 7) is 16.8. The fourth-order valence-corrected chi connectivity index (χ4v) is 4.76. The van der Waals surface area contributed by atoms with Crippen molar-refractivity contribution in [3.05, 3.63) is 76.2 Å². The monoisotopic (exact) mass is 600 g/mol. The van der Waals surface area contributed by atoms with E-state index in [1.54, 1.807) is 27.9 Å². The zero-order chi connectivity index (χ0) is 31.4. The third kappa shape index (κ3) is 12.0. The van der Waals surface area contributed by atoms with Gasteiger partial charge in [-0.1, -0.05) is 68.4 Å². The molecule has 0 saturated carbocycles. The van der Waals surface area contributed by atoms with Crippen LogP contribution < -0.4 is 10.1 Å². The molecule has 1 amide bonds. The van der Waals surface area contributed by atoms with Gasteiger partial charge in [0.25, 0.3) is 0 Å². The molecule has 0 unspecified atom stereocenters. The summed E-state index contributed by atoms with van der Waals surface area (Å²) >= 11 is 0. The van der Waals surface area contributed by atoms with Crippen molar-refractivity contribution in [1.82, 2.24) is 5.32 Å². The van der Waals surface area contributed by atoms with Crippen molar-refractivity contribution in [2.24, 2.45) is 5.11 Å². The number of rotatable bonds is 15. The molecule has 2 rings (SSSR count). The van der Waals surface area contributed by atoms with Crippen LogP contribution in [0, 0.1) is 0 Å². The van der Waals surface area contributed by atoms with Crippen molar-refractivity contribution in [3.8, 4) is 5.75 Å². The van der Waals surface area contributed by atoms with Gasteiger partial charge in [-0.25, -0.2) is 4.79 Å². The van der Waals surface area contributed by atoms with Crippen LogP contribution in [-0.2, 0) is 31.9 Å². The van der Waals surface area contributed by atoms with Crippen LogP contribution in [-0.4, -0.2) is 58.5 Å². The van der Waals surface area contributed by atoms with Gasteiger partial charge in [0.1, 0.15) is 11.4 Å². The Hall–Kier alpha value is -3.08. The quantitative estimate of drug-likeness (QED) is 0.0984. The molecular weight excluding hydrogens is 552 g/mol. The molecule has 232 valence electrons. The second-order valence-electron chi connectivity index (χ2n) is 12.7. The summed E-state index contributed by atoms with van der Waals surface area (Å²) in [5.41, 5.74) is 10.7. The fourth-order valence-electron chi connectivity index (χ4n) is 3.74. The molecule has 42 heavy (non-hydrogen) atoms. The van der Waals surface area contributed by atoms with E-state index in [9.17, 15) is 10.3 Å². The van der Waals surface area contributed by atoms with E-state index in [2.05, 4.69) is 49.2 Å². The number of amides is 1. The van der Waals surface area contributed by atoms with Gasteiger partial charge in [0.15, 0.2) is 8.32 Å². The van der Waals surface area contributed by atoms with Crippen LogP contribution in [0.1, 0.15) is 52.7 Å². The predicted molar refractivity (Wildman–Crippen MR) is 167 cm³/mol. The van der Waals surface area contributed by atoms with Gasteiger partial charge in [-0.15, -0.1) is 0 Å². The van der Waals surface area contributed by atoms with Crippen molar-refractivity contribution in [1.29, 1.82) is 0 Å². The molecule has 0 saturated heterocycles. The second-order valence-corrected chi connectivity index (χ2v) is 17.5. The number of alkyl carbamates (subject to hydrolysis) is 1. The number of benzene rings is 2. The molecule has 2 aromatic carbocycles. The third-order valence-corrected chi connectivity index (χ3v) is 11.6. The van der Waals surface area contributed by atoms with Crippen molar-refractivity contribution >= 4 is 14.4 Å². The van der Waals surface area contributed by atoms with Gasteiger partial charge >= 0.3 is 6.09 Å². The summed E-state index contributed by atoms with van der Waals surface area (Å²) in [4.78, 5) is 16.1. The van der Waals surface area contributed by atoms with Gasteiger partial charge < -0.3 is 28.7 Å². The van der Waals surface area contributed by atoms with Crippen molar-refractivity contribution < 1.29 is 28.2 Å². The highest BCUT2D eigenvalue weighted by Crippen LogP contribution is 2.37. The van der Waals surface area contributed by atoms with E-state index >= 15 is 0 Å². The van der Waals surface area contributed by atoms with Gasteiger partial charge in [0.05, 0.1) is 45.1 Å². The van der Waals surface area contributed by atoms with Gasteiger partial charge in [-0.05, 0) is 67.7 Å². The normalized spacial score (nSPS) is 14.3. The van der Waals surface area contributed by atoms with E-state index in [1.807, 2.05) is 54.6 Å². The zero-order valence-electron chi connectivity index (χ0n) is 26.5. The van der Waals surface area contributed by atoms with Crippen molar-refractivity contribution in [2.75, 3.05) is 20.3 Å². The molecule has 10 nitrogen and oxygen atoms in total. The molecule has 0 bridgehead atoms. The van der Waals surface area contributed by atoms with Crippen LogP contribution in [0.25, 0.3) is 10.4 Å². The number of nitrogens with one attached hydrogen (secondary N) is 1. The number of hydrogen-bond donors (Lipinski definition) is 1. The van der Waals surface area contributed by atoms with Crippen molar-refractivity contribution in [2.45, 2.75) is 96.7 Å². The largest absolute Gasteiger partial charge is 0.497 e. The molecule has 0 radical (unpaired) electrons. The molecular formula is C31H48N4O6Si. The summed E-state index contributed by atoms with van der Waals surface area (Å²) in [5.74, 6) is 0.747. The lowest BCUT2D eigenvalue weighted by molar-refractivity contribution is -0.0391. The highest BCUT2D eigenvalue weighted by Gasteiger charge is 2.40. The molecule has 0 fully saturated rings. The van der Waals surface area contributed by atoms with E-state index in [0.29, 0.717) is 0 Å². The minimum atomic E-state index is -2.20. The Morgan fingerprint density at radius 2 is 1.57 bits per heavy atom. The lowest BCUT2D eigenvalue weighted by Gasteiger charge is -2.38. The topological polar surface area (TPSA) is 124 Å². The highest BCUT2D eigenvalue weighted by molar-refractivity contribution is 6.74. The number of carbonyl (C=O) groups is 1. The first-order chi connectivity index (χ1) is 19.6. The first kappa shape index (κ1) is 35.1. The summed E-state index contributed by atoms with van der Waals surface area (Å²) in [5, 5.41) is 6.97. The average molecular weight is 601 g/mol. The first-order valence-corrected chi connectivity index (χ1v) is 17.1. The summed E-state index contributed by atoms with van der Waals surface area (Å²) in [6, 6.07) is 15.7. The standard InChI is InChI=1S/C31H48N4O6Si/c1-30(2,3)41-29(36)33-26(21-38-19-24-15-17-25(37-7)18-16-24)28(39-20-23-13-11-10-12-14-23)27(34-35-32)22-40-42(8,9)31(4,5)6/h10-18,26-28H,19-22H2,1-9H3,(H,33,36)/t26-,27-,28-/m0/s1. The van der Waals surface area contributed by atoms with Gasteiger partial charge in [0.2, 0.25) is 0 Å². The lowest BCUT2D eigenvalue weighted by Crippen LogP contribution is -2.54. The van der Waals surface area contributed by atoms with Gasteiger partial charge in [0, 0.05) is 11.5 Å². The Morgan fingerprint density at radius 1 is 0.952 bits per heavy atom. The minimum Gasteiger partial charge on any atom is -0.497 e. The van der Waals surface area contributed by atoms with Gasteiger partial charge in [-0.3, -0.25) is 0 Å². The second kappa shape index (κ2) is 16.0. The summed E-state index contributed by atoms with van der Waals surface area (Å²) < 4.78 is 29.8. The lowest BCUT2D eigenvalue weighted by atomic mass is 10.0. The van der Waals surface area contributed by atoms with E-state index in [-0.39, 0.29) is 31.5 Å². The Labute approximate surface area is 251 Å². The first-order valence-electron chi connectivity index (χ1n) is 14.2. The maximum atomic E-state index is 13.0. The number of hydrogen-bond acceptors (Lipinski definition) is 7. The van der Waals surface area contributed by atoms with Crippen molar-refractivity contribution in [3.63, 3.8) is 0 Å². The van der Waals surface area contributed by atoms with E-state index in [4.69, 9.17) is 23.4 Å². The molecule has 11 heteroatoms. The smallest absolute Gasteiger partial charge is 0.408 e. The van der Waals surface area contributed by atoms with E-state index in [0.717, 1.165) is 16.9 Å². The molecule has 0 aromatic heterocycles.